The fraction of sp³-hybridized carbons (Fsp3) is 0.231. The topological polar surface area (TPSA) is 94.3 Å². The van der Waals surface area contributed by atoms with Gasteiger partial charge < -0.3 is 20.2 Å². The maximum absolute atomic E-state index is 5.45. The summed E-state index contributed by atoms with van der Waals surface area (Å²) in [6.07, 6.45) is 1.40. The molecule has 0 spiro atoms. The van der Waals surface area contributed by atoms with E-state index in [2.05, 4.69) is 20.7 Å². The summed E-state index contributed by atoms with van der Waals surface area (Å²) in [6.45, 7) is 2.55. The second-order valence-electron chi connectivity index (χ2n) is 3.83. The number of benzene rings is 1. The molecule has 1 aromatic heterocycles. The lowest BCUT2D eigenvalue weighted by Gasteiger charge is -2.13. The molecule has 7 nitrogen and oxygen atoms in total. The van der Waals surface area contributed by atoms with Gasteiger partial charge in [0.15, 0.2) is 11.6 Å². The molecule has 0 unspecified atom stereocenters. The van der Waals surface area contributed by atoms with Crippen molar-refractivity contribution in [2.24, 2.45) is 5.84 Å². The molecule has 0 radical (unpaired) electrons. The van der Waals surface area contributed by atoms with Crippen molar-refractivity contribution in [1.29, 1.82) is 0 Å². The highest BCUT2D eigenvalue weighted by molar-refractivity contribution is 5.69. The number of nitrogens with two attached hydrogens (primary N) is 1. The fourth-order valence-corrected chi connectivity index (χ4v) is 1.73. The minimum atomic E-state index is 0.408. The summed E-state index contributed by atoms with van der Waals surface area (Å²) in [5.41, 5.74) is 3.29. The van der Waals surface area contributed by atoms with Gasteiger partial charge in [-0.1, -0.05) is 6.07 Å². The number of methoxy groups -OCH3 is 1. The van der Waals surface area contributed by atoms with Crippen LogP contribution in [0, 0.1) is 0 Å². The van der Waals surface area contributed by atoms with Crippen LogP contribution in [0.25, 0.3) is 0 Å². The van der Waals surface area contributed by atoms with Gasteiger partial charge in [0, 0.05) is 11.8 Å². The first-order valence-electron chi connectivity index (χ1n) is 6.14. The number of aromatic nitrogens is 2. The SMILES string of the molecule is CCOc1cccc(Nc2ncnc(NN)c2OC)c1. The fourth-order valence-electron chi connectivity index (χ4n) is 1.73. The van der Waals surface area contributed by atoms with Gasteiger partial charge in [-0.25, -0.2) is 15.8 Å². The molecule has 0 aliphatic rings. The van der Waals surface area contributed by atoms with E-state index in [1.165, 1.54) is 13.4 Å². The molecule has 106 valence electrons. The molecule has 0 aliphatic carbocycles. The number of ether oxygens (including phenoxy) is 2. The Bertz CT molecular complexity index is 576. The van der Waals surface area contributed by atoms with Crippen molar-refractivity contribution in [1.82, 2.24) is 9.97 Å². The molecule has 2 aromatic rings. The third kappa shape index (κ3) is 3.07. The Labute approximate surface area is 117 Å². The molecule has 2 rings (SSSR count). The van der Waals surface area contributed by atoms with E-state index in [1.807, 2.05) is 31.2 Å². The van der Waals surface area contributed by atoms with Gasteiger partial charge in [-0.15, -0.1) is 0 Å². The Balaban J connectivity index is 2.27. The number of nitrogen functional groups attached to an aromatic ring is 1. The summed E-state index contributed by atoms with van der Waals surface area (Å²) in [4.78, 5) is 8.13. The molecule has 0 saturated carbocycles. The minimum absolute atomic E-state index is 0.408. The Morgan fingerprint density at radius 2 is 2.05 bits per heavy atom. The summed E-state index contributed by atoms with van der Waals surface area (Å²) in [5.74, 6) is 7.53. The molecule has 0 bridgehead atoms. The van der Waals surface area contributed by atoms with E-state index >= 15 is 0 Å². The van der Waals surface area contributed by atoms with Gasteiger partial charge in [-0.2, -0.15) is 0 Å². The maximum Gasteiger partial charge on any atom is 0.205 e. The number of hydrogen-bond donors (Lipinski definition) is 3. The molecule has 20 heavy (non-hydrogen) atoms. The molecule has 0 aliphatic heterocycles. The van der Waals surface area contributed by atoms with Crippen LogP contribution in [0.4, 0.5) is 17.3 Å². The van der Waals surface area contributed by atoms with Crippen LogP contribution in [-0.4, -0.2) is 23.7 Å². The molecule has 0 atom stereocenters. The monoisotopic (exact) mass is 275 g/mol. The molecule has 1 heterocycles. The van der Waals surface area contributed by atoms with Gasteiger partial charge in [0.2, 0.25) is 5.75 Å². The highest BCUT2D eigenvalue weighted by Gasteiger charge is 2.11. The van der Waals surface area contributed by atoms with E-state index in [4.69, 9.17) is 15.3 Å². The Morgan fingerprint density at radius 1 is 1.25 bits per heavy atom. The van der Waals surface area contributed by atoms with Crippen LogP contribution < -0.4 is 26.1 Å². The highest BCUT2D eigenvalue weighted by Crippen LogP contribution is 2.31. The number of nitrogens with zero attached hydrogens (tertiary/aromatic N) is 2. The van der Waals surface area contributed by atoms with E-state index in [9.17, 15) is 0 Å². The average molecular weight is 275 g/mol. The van der Waals surface area contributed by atoms with E-state index in [0.29, 0.717) is 24.0 Å². The van der Waals surface area contributed by atoms with Crippen LogP contribution in [0.3, 0.4) is 0 Å². The molecule has 0 amide bonds. The summed E-state index contributed by atoms with van der Waals surface area (Å²) in [7, 11) is 1.53. The van der Waals surface area contributed by atoms with Gasteiger partial charge in [0.25, 0.3) is 0 Å². The number of nitrogens with one attached hydrogen (secondary N) is 2. The van der Waals surface area contributed by atoms with Crippen LogP contribution in [0.15, 0.2) is 30.6 Å². The number of rotatable bonds is 6. The van der Waals surface area contributed by atoms with E-state index in [-0.39, 0.29) is 0 Å². The summed E-state index contributed by atoms with van der Waals surface area (Å²) < 4.78 is 10.7. The number of anilines is 3. The van der Waals surface area contributed by atoms with E-state index in [0.717, 1.165) is 11.4 Å². The largest absolute Gasteiger partial charge is 0.494 e. The Morgan fingerprint density at radius 3 is 2.75 bits per heavy atom. The van der Waals surface area contributed by atoms with E-state index < -0.39 is 0 Å². The predicted octanol–water partition coefficient (Wildman–Crippen LogP) is 1.91. The first kappa shape index (κ1) is 13.9. The standard InChI is InChI=1S/C13H17N5O2/c1-3-20-10-6-4-5-9(7-10)17-12-11(19-2)13(18-14)16-8-15-12/h4-8H,3,14H2,1-2H3,(H2,15,16,17,18). The van der Waals surface area contributed by atoms with Crippen molar-refractivity contribution in [2.75, 3.05) is 24.5 Å². The zero-order chi connectivity index (χ0) is 14.4. The second kappa shape index (κ2) is 6.58. The molecular formula is C13H17N5O2. The normalized spacial score (nSPS) is 9.95. The van der Waals surface area contributed by atoms with Crippen LogP contribution >= 0.6 is 0 Å². The number of hydrogen-bond acceptors (Lipinski definition) is 7. The molecule has 7 heteroatoms. The molecule has 1 aromatic carbocycles. The predicted molar refractivity (Wildman–Crippen MR) is 77.3 cm³/mol. The molecule has 0 fully saturated rings. The van der Waals surface area contributed by atoms with Gasteiger partial charge >= 0.3 is 0 Å². The van der Waals surface area contributed by atoms with E-state index in [1.54, 1.807) is 0 Å². The third-order valence-corrected chi connectivity index (χ3v) is 2.55. The van der Waals surface area contributed by atoms with Gasteiger partial charge in [-0.05, 0) is 19.1 Å². The van der Waals surface area contributed by atoms with Crippen LogP contribution in [0.2, 0.25) is 0 Å². The quantitative estimate of drug-likeness (QED) is 0.547. The van der Waals surface area contributed by atoms with Crippen LogP contribution in [0.1, 0.15) is 6.92 Å². The lowest BCUT2D eigenvalue weighted by atomic mass is 10.3. The van der Waals surface area contributed by atoms with Crippen LogP contribution in [0.5, 0.6) is 11.5 Å². The first-order valence-corrected chi connectivity index (χ1v) is 6.14. The van der Waals surface area contributed by atoms with Gasteiger partial charge in [0.05, 0.1) is 13.7 Å². The Kier molecular flexibility index (Phi) is 4.56. The maximum atomic E-state index is 5.45. The molecule has 4 N–H and O–H groups in total. The average Bonchev–Trinajstić information content (AvgIpc) is 2.47. The summed E-state index contributed by atoms with van der Waals surface area (Å²) >= 11 is 0. The first-order chi connectivity index (χ1) is 9.78. The lowest BCUT2D eigenvalue weighted by molar-refractivity contribution is 0.340. The molecular weight excluding hydrogens is 258 g/mol. The Hall–Kier alpha value is -2.54. The lowest BCUT2D eigenvalue weighted by Crippen LogP contribution is -2.11. The zero-order valence-electron chi connectivity index (χ0n) is 11.4. The molecule has 0 saturated heterocycles. The number of hydrazine groups is 1. The van der Waals surface area contributed by atoms with Gasteiger partial charge in [0.1, 0.15) is 12.1 Å². The zero-order valence-corrected chi connectivity index (χ0v) is 11.4. The smallest absolute Gasteiger partial charge is 0.205 e. The van der Waals surface area contributed by atoms with Crippen molar-refractivity contribution in [3.63, 3.8) is 0 Å². The van der Waals surface area contributed by atoms with Gasteiger partial charge in [-0.3, -0.25) is 0 Å². The second-order valence-corrected chi connectivity index (χ2v) is 3.83. The van der Waals surface area contributed by atoms with Crippen molar-refractivity contribution in [3.05, 3.63) is 30.6 Å². The van der Waals surface area contributed by atoms with Crippen LogP contribution in [-0.2, 0) is 0 Å². The third-order valence-electron chi connectivity index (χ3n) is 2.55. The minimum Gasteiger partial charge on any atom is -0.494 e. The summed E-state index contributed by atoms with van der Waals surface area (Å²) in [5, 5.41) is 3.15. The van der Waals surface area contributed by atoms with Crippen molar-refractivity contribution in [3.8, 4) is 11.5 Å². The summed E-state index contributed by atoms with van der Waals surface area (Å²) in [6, 6.07) is 7.56. The van der Waals surface area contributed by atoms with Crippen molar-refractivity contribution < 1.29 is 9.47 Å². The van der Waals surface area contributed by atoms with Crippen molar-refractivity contribution >= 4 is 17.3 Å². The highest BCUT2D eigenvalue weighted by atomic mass is 16.5. The van der Waals surface area contributed by atoms with Crippen molar-refractivity contribution in [2.45, 2.75) is 6.92 Å².